The molecule has 1 saturated heterocycles. The lowest BCUT2D eigenvalue weighted by Gasteiger charge is -2.33. The van der Waals surface area contributed by atoms with Crippen LogP contribution >= 0.6 is 0 Å². The third-order valence-electron chi connectivity index (χ3n) is 6.91. The van der Waals surface area contributed by atoms with E-state index in [0.717, 1.165) is 17.7 Å². The van der Waals surface area contributed by atoms with Crippen LogP contribution in [0.25, 0.3) is 22.2 Å². The molecule has 0 amide bonds. The van der Waals surface area contributed by atoms with E-state index >= 15 is 0 Å². The monoisotopic (exact) mass is 469 g/mol. The molecule has 0 aliphatic carbocycles. The predicted octanol–water partition coefficient (Wildman–Crippen LogP) is 4.71. The predicted molar refractivity (Wildman–Crippen MR) is 139 cm³/mol. The van der Waals surface area contributed by atoms with Crippen molar-refractivity contribution in [2.45, 2.75) is 45.3 Å². The van der Waals surface area contributed by atoms with Crippen LogP contribution in [0.4, 0.5) is 5.82 Å². The fraction of sp³-hybridized carbons (Fsp3) is 0.321. The molecule has 1 atom stereocenters. The number of rotatable bonds is 6. The highest BCUT2D eigenvalue weighted by molar-refractivity contribution is 5.86. The zero-order valence-corrected chi connectivity index (χ0v) is 20.3. The Morgan fingerprint density at radius 2 is 1.77 bits per heavy atom. The maximum Gasteiger partial charge on any atom is 0.384 e. The fourth-order valence-electron chi connectivity index (χ4n) is 4.99. The SMILES string of the molecule is CC1CCCCN1Cc1cccc(-c2cccc(CN(C)c3nc(=O)n(O)c4ncccc34)c2)c1. The number of benzene rings is 2. The van der Waals surface area contributed by atoms with E-state index in [1.807, 2.05) is 11.9 Å². The Hall–Kier alpha value is -3.71. The largest absolute Gasteiger partial charge is 0.422 e. The van der Waals surface area contributed by atoms with Crippen molar-refractivity contribution in [2.75, 3.05) is 18.5 Å². The summed E-state index contributed by atoms with van der Waals surface area (Å²) in [4.78, 5) is 24.9. The van der Waals surface area contributed by atoms with Gasteiger partial charge in [-0.05, 0) is 72.8 Å². The number of pyridine rings is 1. The minimum Gasteiger partial charge on any atom is -0.422 e. The first-order valence-electron chi connectivity index (χ1n) is 12.2. The molecule has 0 radical (unpaired) electrons. The van der Waals surface area contributed by atoms with Crippen molar-refractivity contribution < 1.29 is 5.21 Å². The van der Waals surface area contributed by atoms with Gasteiger partial charge >= 0.3 is 5.69 Å². The van der Waals surface area contributed by atoms with Crippen molar-refractivity contribution in [1.82, 2.24) is 19.6 Å². The van der Waals surface area contributed by atoms with Crippen LogP contribution < -0.4 is 10.6 Å². The normalized spacial score (nSPS) is 16.5. The second kappa shape index (κ2) is 9.88. The van der Waals surface area contributed by atoms with Crippen LogP contribution in [0.5, 0.6) is 0 Å². The van der Waals surface area contributed by atoms with E-state index < -0.39 is 5.69 Å². The highest BCUT2D eigenvalue weighted by Crippen LogP contribution is 2.26. The minimum atomic E-state index is -0.744. The highest BCUT2D eigenvalue weighted by Gasteiger charge is 2.18. The first-order valence-corrected chi connectivity index (χ1v) is 12.2. The van der Waals surface area contributed by atoms with Gasteiger partial charge < -0.3 is 10.1 Å². The van der Waals surface area contributed by atoms with Crippen molar-refractivity contribution in [1.29, 1.82) is 0 Å². The molecule has 0 spiro atoms. The molecule has 1 N–H and O–H groups in total. The average Bonchev–Trinajstić information content (AvgIpc) is 2.88. The lowest BCUT2D eigenvalue weighted by molar-refractivity contribution is 0.152. The summed E-state index contributed by atoms with van der Waals surface area (Å²) < 4.78 is 0.491. The number of hydrogen-bond donors (Lipinski definition) is 1. The molecule has 2 aromatic heterocycles. The molecular formula is C28H31N5O2. The van der Waals surface area contributed by atoms with E-state index in [-0.39, 0.29) is 5.65 Å². The number of nitrogens with zero attached hydrogens (tertiary/aromatic N) is 5. The van der Waals surface area contributed by atoms with Gasteiger partial charge in [-0.15, -0.1) is 4.73 Å². The summed E-state index contributed by atoms with van der Waals surface area (Å²) in [6.07, 6.45) is 5.44. The van der Waals surface area contributed by atoms with Crippen LogP contribution in [-0.4, -0.2) is 44.4 Å². The lowest BCUT2D eigenvalue weighted by Crippen LogP contribution is -2.36. The summed E-state index contributed by atoms with van der Waals surface area (Å²) in [5, 5.41) is 10.6. The molecule has 0 saturated carbocycles. The molecule has 1 aliphatic rings. The molecule has 1 fully saturated rings. The number of likely N-dealkylation sites (tertiary alicyclic amines) is 1. The Balaban J connectivity index is 1.38. The molecule has 180 valence electrons. The van der Waals surface area contributed by atoms with Crippen LogP contribution in [0, 0.1) is 0 Å². The van der Waals surface area contributed by atoms with Crippen molar-refractivity contribution in [3.8, 4) is 11.1 Å². The van der Waals surface area contributed by atoms with Gasteiger partial charge in [0.05, 0.1) is 5.39 Å². The minimum absolute atomic E-state index is 0.197. The molecular weight excluding hydrogens is 438 g/mol. The summed E-state index contributed by atoms with van der Waals surface area (Å²) in [5.74, 6) is 0.492. The Labute approximate surface area is 205 Å². The Morgan fingerprint density at radius 3 is 2.54 bits per heavy atom. The summed E-state index contributed by atoms with van der Waals surface area (Å²) in [6.45, 7) is 5.05. The molecule has 7 nitrogen and oxygen atoms in total. The van der Waals surface area contributed by atoms with Crippen LogP contribution in [0.2, 0.25) is 0 Å². The zero-order valence-electron chi connectivity index (χ0n) is 20.3. The number of anilines is 1. The molecule has 5 rings (SSSR count). The smallest absolute Gasteiger partial charge is 0.384 e. The second-order valence-corrected chi connectivity index (χ2v) is 9.48. The Morgan fingerprint density at radius 1 is 1.03 bits per heavy atom. The Bertz CT molecular complexity index is 1400. The van der Waals surface area contributed by atoms with E-state index in [2.05, 4.69) is 70.3 Å². The lowest BCUT2D eigenvalue weighted by atomic mass is 9.99. The highest BCUT2D eigenvalue weighted by atomic mass is 16.5. The molecule has 3 heterocycles. The van der Waals surface area contributed by atoms with Gasteiger partial charge in [0, 0.05) is 32.4 Å². The van der Waals surface area contributed by atoms with Crippen LogP contribution in [0.15, 0.2) is 71.7 Å². The van der Waals surface area contributed by atoms with Gasteiger partial charge in [0.25, 0.3) is 0 Å². The van der Waals surface area contributed by atoms with E-state index in [9.17, 15) is 10.0 Å². The molecule has 1 aliphatic heterocycles. The molecule has 4 aromatic rings. The summed E-state index contributed by atoms with van der Waals surface area (Å²) in [5.41, 5.74) is 4.26. The quantitative estimate of drug-likeness (QED) is 0.413. The van der Waals surface area contributed by atoms with Gasteiger partial charge in [-0.1, -0.05) is 42.8 Å². The summed E-state index contributed by atoms with van der Waals surface area (Å²) in [6, 6.07) is 21.5. The summed E-state index contributed by atoms with van der Waals surface area (Å²) in [7, 11) is 1.89. The third kappa shape index (κ3) is 4.91. The van der Waals surface area contributed by atoms with Crippen LogP contribution in [0.1, 0.15) is 37.3 Å². The zero-order chi connectivity index (χ0) is 24.4. The maximum atomic E-state index is 12.2. The van der Waals surface area contributed by atoms with E-state index in [1.54, 1.807) is 18.3 Å². The van der Waals surface area contributed by atoms with Crippen molar-refractivity contribution in [2.24, 2.45) is 0 Å². The van der Waals surface area contributed by atoms with Gasteiger partial charge in [0.15, 0.2) is 5.65 Å². The number of hydrogen-bond acceptors (Lipinski definition) is 6. The van der Waals surface area contributed by atoms with Crippen molar-refractivity contribution in [3.63, 3.8) is 0 Å². The first-order chi connectivity index (χ1) is 17.0. The van der Waals surface area contributed by atoms with Crippen LogP contribution in [0.3, 0.4) is 0 Å². The van der Waals surface area contributed by atoms with Gasteiger partial charge in [-0.25, -0.2) is 9.78 Å². The van der Waals surface area contributed by atoms with Gasteiger partial charge in [-0.2, -0.15) is 4.98 Å². The molecule has 0 bridgehead atoms. The standard InChI is InChI=1S/C28H31N5O2/c1-20-8-3-4-15-32(20)19-22-10-6-12-24(17-22)23-11-5-9-21(16-23)18-31(2)27-25-13-7-14-29-26(25)33(35)28(34)30-27/h5-7,9-14,16-17,20,35H,3-4,8,15,18-19H2,1-2H3. The third-order valence-corrected chi connectivity index (χ3v) is 6.91. The van der Waals surface area contributed by atoms with Crippen LogP contribution in [-0.2, 0) is 13.1 Å². The molecule has 2 aromatic carbocycles. The topological polar surface area (TPSA) is 74.5 Å². The van der Waals surface area contributed by atoms with Gasteiger partial charge in [-0.3, -0.25) is 4.90 Å². The van der Waals surface area contributed by atoms with Crippen molar-refractivity contribution in [3.05, 3.63) is 88.5 Å². The van der Waals surface area contributed by atoms with E-state index in [0.29, 0.717) is 28.5 Å². The number of aromatic nitrogens is 3. The van der Waals surface area contributed by atoms with Gasteiger partial charge in [0.2, 0.25) is 0 Å². The van der Waals surface area contributed by atoms with Gasteiger partial charge in [0.1, 0.15) is 5.82 Å². The summed E-state index contributed by atoms with van der Waals surface area (Å²) >= 11 is 0. The molecule has 35 heavy (non-hydrogen) atoms. The Kier molecular flexibility index (Phi) is 6.51. The molecule has 1 unspecified atom stereocenters. The van der Waals surface area contributed by atoms with E-state index in [4.69, 9.17) is 0 Å². The first kappa shape index (κ1) is 23.1. The average molecular weight is 470 g/mol. The van der Waals surface area contributed by atoms with E-state index in [1.165, 1.54) is 36.9 Å². The number of piperidine rings is 1. The van der Waals surface area contributed by atoms with Crippen molar-refractivity contribution >= 4 is 16.9 Å². The second-order valence-electron chi connectivity index (χ2n) is 9.48. The fourth-order valence-corrected chi connectivity index (χ4v) is 4.99. The number of fused-ring (bicyclic) bond motifs is 1. The molecule has 7 heteroatoms. The maximum absolute atomic E-state index is 12.2.